The van der Waals surface area contributed by atoms with Crippen LogP contribution in [0.1, 0.15) is 41.5 Å². The molecule has 0 radical (unpaired) electrons. The molecule has 0 aliphatic carbocycles. The minimum Gasteiger partial charge on any atom is -0.493 e. The van der Waals surface area contributed by atoms with Gasteiger partial charge in [-0.25, -0.2) is 4.79 Å². The van der Waals surface area contributed by atoms with Crippen LogP contribution in [0, 0.1) is 6.92 Å². The van der Waals surface area contributed by atoms with Crippen molar-refractivity contribution in [3.05, 3.63) is 34.0 Å². The van der Waals surface area contributed by atoms with Gasteiger partial charge in [0.25, 0.3) is 0 Å². The Morgan fingerprint density at radius 1 is 1.07 bits per heavy atom. The summed E-state index contributed by atoms with van der Waals surface area (Å²) in [6.07, 6.45) is 4.29. The highest BCUT2D eigenvalue weighted by molar-refractivity contribution is 7.12. The van der Waals surface area contributed by atoms with Gasteiger partial charge in [-0.3, -0.25) is 0 Å². The number of carbonyl (C=O) groups excluding carboxylic acids is 1. The fourth-order valence-electron chi connectivity index (χ4n) is 3.63. The highest BCUT2D eigenvalue weighted by atomic mass is 32.1. The van der Waals surface area contributed by atoms with Crippen LogP contribution in [0.4, 0.5) is 10.5 Å². The van der Waals surface area contributed by atoms with E-state index in [1.165, 1.54) is 9.75 Å². The molecule has 1 saturated heterocycles. The minimum atomic E-state index is -0.104. The first kappa shape index (κ1) is 20.3. The van der Waals surface area contributed by atoms with Gasteiger partial charge >= 0.3 is 6.03 Å². The lowest BCUT2D eigenvalue weighted by atomic mass is 10.1. The third kappa shape index (κ3) is 4.35. The Bertz CT molecular complexity index is 795. The van der Waals surface area contributed by atoms with E-state index in [1.807, 2.05) is 4.90 Å². The van der Waals surface area contributed by atoms with E-state index in [0.717, 1.165) is 32.2 Å². The summed E-state index contributed by atoms with van der Waals surface area (Å²) in [7, 11) is 4.68. The summed E-state index contributed by atoms with van der Waals surface area (Å²) < 4.78 is 16.1. The highest BCUT2D eigenvalue weighted by Gasteiger charge is 2.28. The molecule has 7 heteroatoms. The zero-order valence-corrected chi connectivity index (χ0v) is 17.7. The Hall–Kier alpha value is -2.41. The maximum absolute atomic E-state index is 13.2. The van der Waals surface area contributed by atoms with E-state index in [0.29, 0.717) is 22.9 Å². The first-order chi connectivity index (χ1) is 13.6. The van der Waals surface area contributed by atoms with E-state index in [2.05, 4.69) is 24.4 Å². The van der Waals surface area contributed by atoms with E-state index in [-0.39, 0.29) is 12.1 Å². The van der Waals surface area contributed by atoms with E-state index < -0.39 is 0 Å². The third-order valence-electron chi connectivity index (χ3n) is 5.02. The molecule has 1 aliphatic heterocycles. The van der Waals surface area contributed by atoms with Gasteiger partial charge in [-0.1, -0.05) is 12.8 Å². The molecule has 2 heterocycles. The molecule has 28 heavy (non-hydrogen) atoms. The Morgan fingerprint density at radius 3 is 2.36 bits per heavy atom. The summed E-state index contributed by atoms with van der Waals surface area (Å²) in [5.41, 5.74) is 0.616. The number of amides is 2. The number of ether oxygens (including phenoxy) is 3. The summed E-state index contributed by atoms with van der Waals surface area (Å²) in [5.74, 6) is 1.53. The maximum atomic E-state index is 13.2. The normalized spacial score (nSPS) is 17.0. The number of urea groups is 1. The van der Waals surface area contributed by atoms with Crippen molar-refractivity contribution in [1.82, 2.24) is 4.90 Å². The summed E-state index contributed by atoms with van der Waals surface area (Å²) in [6.45, 7) is 2.85. The monoisotopic (exact) mass is 404 g/mol. The van der Waals surface area contributed by atoms with Crippen molar-refractivity contribution in [2.45, 2.75) is 38.6 Å². The number of nitrogens with one attached hydrogen (secondary N) is 1. The van der Waals surface area contributed by atoms with Gasteiger partial charge < -0.3 is 24.4 Å². The smallest absolute Gasteiger partial charge is 0.322 e. The van der Waals surface area contributed by atoms with Gasteiger partial charge in [0, 0.05) is 28.4 Å². The third-order valence-corrected chi connectivity index (χ3v) is 6.12. The van der Waals surface area contributed by atoms with Gasteiger partial charge in [-0.05, 0) is 31.9 Å². The Morgan fingerprint density at radius 2 is 1.79 bits per heavy atom. The molecule has 2 amide bonds. The van der Waals surface area contributed by atoms with Crippen molar-refractivity contribution in [3.63, 3.8) is 0 Å². The van der Waals surface area contributed by atoms with Gasteiger partial charge in [-0.15, -0.1) is 11.3 Å². The number of likely N-dealkylation sites (tertiary alicyclic amines) is 1. The van der Waals surface area contributed by atoms with Crippen LogP contribution in [0.2, 0.25) is 0 Å². The zero-order chi connectivity index (χ0) is 20.1. The molecule has 1 fully saturated rings. The van der Waals surface area contributed by atoms with E-state index >= 15 is 0 Å². The fourth-order valence-corrected chi connectivity index (χ4v) is 4.65. The van der Waals surface area contributed by atoms with Crippen LogP contribution in [0.25, 0.3) is 0 Å². The van der Waals surface area contributed by atoms with Crippen LogP contribution in [-0.2, 0) is 0 Å². The molecule has 2 aromatic rings. The van der Waals surface area contributed by atoms with Crippen molar-refractivity contribution < 1.29 is 19.0 Å². The molecule has 1 aliphatic rings. The lowest BCUT2D eigenvalue weighted by Gasteiger charge is -2.29. The molecule has 152 valence electrons. The largest absolute Gasteiger partial charge is 0.493 e. The Labute approximate surface area is 170 Å². The first-order valence-corrected chi connectivity index (χ1v) is 10.3. The van der Waals surface area contributed by atoms with Crippen molar-refractivity contribution >= 4 is 23.1 Å². The van der Waals surface area contributed by atoms with Gasteiger partial charge in [-0.2, -0.15) is 0 Å². The average molecular weight is 405 g/mol. The van der Waals surface area contributed by atoms with Gasteiger partial charge in [0.2, 0.25) is 5.75 Å². The number of aryl methyl sites for hydroxylation is 1. The number of nitrogens with zero attached hydrogens (tertiary/aromatic N) is 1. The predicted octanol–water partition coefficient (Wildman–Crippen LogP) is 5.23. The topological polar surface area (TPSA) is 60.0 Å². The van der Waals surface area contributed by atoms with Crippen molar-refractivity contribution in [2.75, 3.05) is 33.2 Å². The standard InChI is InChI=1S/C21H28N2O4S/c1-14-9-10-19(28-14)16-8-6-5-7-11-23(16)21(24)22-15-12-17(25-2)20(27-4)18(13-15)26-3/h9-10,12-13,16H,5-8,11H2,1-4H3,(H,22,24)/t16-/m1/s1. The molecule has 3 rings (SSSR count). The van der Waals surface area contributed by atoms with E-state index in [4.69, 9.17) is 14.2 Å². The molecule has 1 aromatic heterocycles. The predicted molar refractivity (Wildman–Crippen MR) is 112 cm³/mol. The molecule has 1 N–H and O–H groups in total. The van der Waals surface area contributed by atoms with Crippen LogP contribution in [-0.4, -0.2) is 38.8 Å². The molecule has 1 atom stereocenters. The quantitative estimate of drug-likeness (QED) is 0.741. The van der Waals surface area contributed by atoms with Gasteiger partial charge in [0.1, 0.15) is 0 Å². The molecule has 0 bridgehead atoms. The zero-order valence-electron chi connectivity index (χ0n) is 16.9. The van der Waals surface area contributed by atoms with Crippen LogP contribution < -0.4 is 19.5 Å². The summed E-state index contributed by atoms with van der Waals surface area (Å²) in [6, 6.07) is 7.79. The van der Waals surface area contributed by atoms with Crippen LogP contribution >= 0.6 is 11.3 Å². The van der Waals surface area contributed by atoms with Crippen molar-refractivity contribution in [3.8, 4) is 17.2 Å². The molecule has 6 nitrogen and oxygen atoms in total. The number of methoxy groups -OCH3 is 3. The summed E-state index contributed by atoms with van der Waals surface area (Å²) in [4.78, 5) is 17.6. The van der Waals surface area contributed by atoms with E-state index in [9.17, 15) is 4.79 Å². The summed E-state index contributed by atoms with van der Waals surface area (Å²) in [5, 5.41) is 3.02. The number of carbonyl (C=O) groups is 1. The first-order valence-electron chi connectivity index (χ1n) is 9.51. The Kier molecular flexibility index (Phi) is 6.67. The highest BCUT2D eigenvalue weighted by Crippen LogP contribution is 2.40. The average Bonchev–Trinajstić information content (AvgIpc) is 2.98. The second kappa shape index (κ2) is 9.19. The number of thiophene rings is 1. The molecular formula is C21H28N2O4S. The van der Waals surface area contributed by atoms with Crippen LogP contribution in [0.5, 0.6) is 17.2 Å². The minimum absolute atomic E-state index is 0.104. The molecular weight excluding hydrogens is 376 g/mol. The number of hydrogen-bond acceptors (Lipinski definition) is 5. The number of benzene rings is 1. The molecule has 0 spiro atoms. The molecule has 1 aromatic carbocycles. The maximum Gasteiger partial charge on any atom is 0.322 e. The van der Waals surface area contributed by atoms with Crippen LogP contribution in [0.3, 0.4) is 0 Å². The number of rotatable bonds is 5. The van der Waals surface area contributed by atoms with E-state index in [1.54, 1.807) is 44.8 Å². The number of hydrogen-bond donors (Lipinski definition) is 1. The van der Waals surface area contributed by atoms with Crippen molar-refractivity contribution in [2.24, 2.45) is 0 Å². The SMILES string of the molecule is COc1cc(NC(=O)N2CCCCC[C@@H]2c2ccc(C)s2)cc(OC)c1OC. The fraction of sp³-hybridized carbons (Fsp3) is 0.476. The molecule has 0 saturated carbocycles. The van der Waals surface area contributed by atoms with Gasteiger partial charge in [0.05, 0.1) is 33.1 Å². The second-order valence-corrected chi connectivity index (χ2v) is 8.17. The van der Waals surface area contributed by atoms with Gasteiger partial charge in [0.15, 0.2) is 11.5 Å². The lowest BCUT2D eigenvalue weighted by Crippen LogP contribution is -2.37. The number of anilines is 1. The Balaban J connectivity index is 1.85. The van der Waals surface area contributed by atoms with Crippen molar-refractivity contribution in [1.29, 1.82) is 0 Å². The second-order valence-electron chi connectivity index (χ2n) is 6.85. The lowest BCUT2D eigenvalue weighted by molar-refractivity contribution is 0.190. The molecule has 0 unspecified atom stereocenters. The van der Waals surface area contributed by atoms with Crippen LogP contribution in [0.15, 0.2) is 24.3 Å². The summed E-state index contributed by atoms with van der Waals surface area (Å²) >= 11 is 1.77.